The van der Waals surface area contributed by atoms with Crippen molar-refractivity contribution in [3.05, 3.63) is 12.7 Å². The molecule has 0 aliphatic heterocycles. The first-order valence-electron chi connectivity index (χ1n) is 12.2. The molecule has 0 saturated heterocycles. The van der Waals surface area contributed by atoms with Crippen molar-refractivity contribution in [1.82, 2.24) is 0 Å². The molecular formula is C26H44O2. The molecule has 11 atom stereocenters. The number of allylic oxidation sites excluding steroid dienone is 1. The Hall–Kier alpha value is -0.340. The maximum atomic E-state index is 11.7. The van der Waals surface area contributed by atoms with E-state index in [-0.39, 0.29) is 12.2 Å². The molecule has 0 spiro atoms. The molecule has 3 unspecified atom stereocenters. The summed E-state index contributed by atoms with van der Waals surface area (Å²) in [6.07, 6.45) is 12.2. The molecule has 0 heterocycles. The highest BCUT2D eigenvalue weighted by atomic mass is 16.3. The standard InChI is InChI=1S/C26H44O2/c1-6-8-16(3)19-9-10-20-23-21(12-14-25(19,20)4)26(5)13-11-17(27)15-22(26)18(7-2)24(23)28/h6,16-24,27-28H,1,7-15H2,2-5H3/t16-,17-,18-,19-,20+,21+,22?,23?,24-,25-,26?/m1/s1. The highest BCUT2D eigenvalue weighted by molar-refractivity contribution is 5.13. The zero-order chi connectivity index (χ0) is 20.3. The van der Waals surface area contributed by atoms with Crippen molar-refractivity contribution in [3.8, 4) is 0 Å². The van der Waals surface area contributed by atoms with Gasteiger partial charge in [0, 0.05) is 0 Å². The van der Waals surface area contributed by atoms with Gasteiger partial charge in [-0.15, -0.1) is 6.58 Å². The van der Waals surface area contributed by atoms with E-state index in [2.05, 4.69) is 40.3 Å². The van der Waals surface area contributed by atoms with Crippen LogP contribution >= 0.6 is 0 Å². The number of hydrogen-bond donors (Lipinski definition) is 2. The minimum Gasteiger partial charge on any atom is -0.393 e. The third-order valence-corrected chi connectivity index (χ3v) is 10.7. The molecule has 0 aromatic heterocycles. The largest absolute Gasteiger partial charge is 0.393 e. The van der Waals surface area contributed by atoms with E-state index in [4.69, 9.17) is 0 Å². The second-order valence-electron chi connectivity index (χ2n) is 11.6. The Labute approximate surface area is 173 Å². The van der Waals surface area contributed by atoms with Gasteiger partial charge in [-0.1, -0.05) is 40.2 Å². The predicted molar refractivity (Wildman–Crippen MR) is 116 cm³/mol. The van der Waals surface area contributed by atoms with E-state index in [1.807, 2.05) is 0 Å². The van der Waals surface area contributed by atoms with E-state index in [0.717, 1.165) is 38.0 Å². The van der Waals surface area contributed by atoms with E-state index < -0.39 is 0 Å². The Morgan fingerprint density at radius 2 is 1.68 bits per heavy atom. The summed E-state index contributed by atoms with van der Waals surface area (Å²) in [5, 5.41) is 22.1. The minimum absolute atomic E-state index is 0.152. The summed E-state index contributed by atoms with van der Waals surface area (Å²) in [5.74, 6) is 4.15. The first kappa shape index (κ1) is 20.9. The molecule has 4 rings (SSSR count). The number of hydrogen-bond acceptors (Lipinski definition) is 2. The molecular weight excluding hydrogens is 344 g/mol. The lowest BCUT2D eigenvalue weighted by Crippen LogP contribution is -2.62. The highest BCUT2D eigenvalue weighted by Crippen LogP contribution is 2.69. The van der Waals surface area contributed by atoms with E-state index in [0.29, 0.717) is 46.3 Å². The Bertz CT molecular complexity index is 587. The van der Waals surface area contributed by atoms with Crippen molar-refractivity contribution in [1.29, 1.82) is 0 Å². The molecule has 0 amide bonds. The molecule has 4 saturated carbocycles. The lowest BCUT2D eigenvalue weighted by molar-refractivity contribution is -0.203. The fourth-order valence-electron chi connectivity index (χ4n) is 9.36. The Balaban J connectivity index is 1.67. The van der Waals surface area contributed by atoms with Crippen LogP contribution in [0.2, 0.25) is 0 Å². The molecule has 28 heavy (non-hydrogen) atoms. The van der Waals surface area contributed by atoms with Crippen molar-refractivity contribution in [2.45, 2.75) is 97.7 Å². The predicted octanol–water partition coefficient (Wildman–Crippen LogP) is 5.83. The van der Waals surface area contributed by atoms with Gasteiger partial charge in [-0.25, -0.2) is 0 Å². The molecule has 0 aromatic rings. The van der Waals surface area contributed by atoms with Crippen molar-refractivity contribution in [3.63, 3.8) is 0 Å². The summed E-state index contributed by atoms with van der Waals surface area (Å²) < 4.78 is 0. The molecule has 2 heteroatoms. The lowest BCUT2D eigenvalue weighted by Gasteiger charge is -2.64. The van der Waals surface area contributed by atoms with Gasteiger partial charge in [0.25, 0.3) is 0 Å². The number of rotatable bonds is 4. The van der Waals surface area contributed by atoms with Gasteiger partial charge in [0.1, 0.15) is 0 Å². The van der Waals surface area contributed by atoms with Crippen LogP contribution in [0.3, 0.4) is 0 Å². The number of aliphatic hydroxyl groups is 2. The summed E-state index contributed by atoms with van der Waals surface area (Å²) in [4.78, 5) is 0. The normalized spacial score (nSPS) is 54.4. The monoisotopic (exact) mass is 388 g/mol. The fourth-order valence-corrected chi connectivity index (χ4v) is 9.36. The van der Waals surface area contributed by atoms with Gasteiger partial charge < -0.3 is 10.2 Å². The molecule has 0 bridgehead atoms. The third-order valence-electron chi connectivity index (χ3n) is 10.7. The Morgan fingerprint density at radius 1 is 1.00 bits per heavy atom. The molecule has 4 aliphatic carbocycles. The number of fused-ring (bicyclic) bond motifs is 5. The smallest absolute Gasteiger partial charge is 0.0605 e. The zero-order valence-corrected chi connectivity index (χ0v) is 18.7. The molecule has 4 fully saturated rings. The van der Waals surface area contributed by atoms with Crippen molar-refractivity contribution >= 4 is 0 Å². The molecule has 0 radical (unpaired) electrons. The van der Waals surface area contributed by atoms with Crippen LogP contribution in [-0.2, 0) is 0 Å². The van der Waals surface area contributed by atoms with Crippen molar-refractivity contribution in [2.24, 2.45) is 52.3 Å². The van der Waals surface area contributed by atoms with Crippen LogP contribution in [0.4, 0.5) is 0 Å². The SMILES string of the molecule is C=CC[C@@H](C)[C@H]1CC[C@H]2C3[C@H](O)[C@H](CC)C4C[C@H](O)CCC4(C)[C@H]3CC[C@]12C. The summed E-state index contributed by atoms with van der Waals surface area (Å²) in [5.41, 5.74) is 0.705. The van der Waals surface area contributed by atoms with Gasteiger partial charge in [-0.2, -0.15) is 0 Å². The van der Waals surface area contributed by atoms with Crippen LogP contribution in [0.5, 0.6) is 0 Å². The lowest BCUT2D eigenvalue weighted by atomic mass is 9.41. The highest BCUT2D eigenvalue weighted by Gasteiger charge is 2.64. The van der Waals surface area contributed by atoms with Crippen molar-refractivity contribution in [2.75, 3.05) is 0 Å². The minimum atomic E-state index is -0.170. The molecule has 4 aliphatic rings. The molecule has 0 aromatic carbocycles. The van der Waals surface area contributed by atoms with Crippen LogP contribution < -0.4 is 0 Å². The average molecular weight is 389 g/mol. The number of aliphatic hydroxyl groups excluding tert-OH is 2. The van der Waals surface area contributed by atoms with Crippen molar-refractivity contribution < 1.29 is 10.2 Å². The van der Waals surface area contributed by atoms with Crippen LogP contribution in [-0.4, -0.2) is 22.4 Å². The van der Waals surface area contributed by atoms with Crippen LogP contribution in [0.15, 0.2) is 12.7 Å². The maximum Gasteiger partial charge on any atom is 0.0605 e. The second-order valence-corrected chi connectivity index (χ2v) is 11.6. The molecule has 160 valence electrons. The Kier molecular flexibility index (Phi) is 5.54. The maximum absolute atomic E-state index is 11.7. The first-order chi connectivity index (χ1) is 13.3. The van der Waals surface area contributed by atoms with E-state index in [1.165, 1.54) is 25.7 Å². The van der Waals surface area contributed by atoms with Crippen LogP contribution in [0.1, 0.15) is 85.5 Å². The van der Waals surface area contributed by atoms with E-state index >= 15 is 0 Å². The first-order valence-corrected chi connectivity index (χ1v) is 12.2. The summed E-state index contributed by atoms with van der Waals surface area (Å²) in [6.45, 7) is 13.8. The van der Waals surface area contributed by atoms with Gasteiger partial charge in [0.05, 0.1) is 12.2 Å². The topological polar surface area (TPSA) is 40.5 Å². The summed E-state index contributed by atoms with van der Waals surface area (Å²) in [7, 11) is 0. The van der Waals surface area contributed by atoms with Crippen LogP contribution in [0.25, 0.3) is 0 Å². The average Bonchev–Trinajstić information content (AvgIpc) is 3.01. The third kappa shape index (κ3) is 2.88. The second kappa shape index (κ2) is 7.41. The van der Waals surface area contributed by atoms with Gasteiger partial charge in [0.2, 0.25) is 0 Å². The zero-order valence-electron chi connectivity index (χ0n) is 18.7. The summed E-state index contributed by atoms with van der Waals surface area (Å²) >= 11 is 0. The van der Waals surface area contributed by atoms with Gasteiger partial charge in [-0.3, -0.25) is 0 Å². The quantitative estimate of drug-likeness (QED) is 0.595. The molecule has 2 N–H and O–H groups in total. The van der Waals surface area contributed by atoms with Crippen LogP contribution in [0, 0.1) is 52.3 Å². The molecule has 2 nitrogen and oxygen atoms in total. The summed E-state index contributed by atoms with van der Waals surface area (Å²) in [6, 6.07) is 0. The fraction of sp³-hybridized carbons (Fsp3) is 0.923. The Morgan fingerprint density at radius 3 is 2.36 bits per heavy atom. The van der Waals surface area contributed by atoms with Gasteiger partial charge in [-0.05, 0) is 104 Å². The van der Waals surface area contributed by atoms with E-state index in [1.54, 1.807) is 0 Å². The van der Waals surface area contributed by atoms with Gasteiger partial charge in [0.15, 0.2) is 0 Å². The van der Waals surface area contributed by atoms with Gasteiger partial charge >= 0.3 is 0 Å². The van der Waals surface area contributed by atoms with E-state index in [9.17, 15) is 10.2 Å².